The predicted octanol–water partition coefficient (Wildman–Crippen LogP) is 2.26. The number of amides is 1. The minimum Gasteiger partial charge on any atom is -0.465 e. The van der Waals surface area contributed by atoms with Crippen LogP contribution < -0.4 is 4.90 Å². The lowest BCUT2D eigenvalue weighted by Gasteiger charge is -2.26. The zero-order valence-electron chi connectivity index (χ0n) is 7.53. The quantitative estimate of drug-likeness (QED) is 0.689. The SMILES string of the molecule is O=C(O)N1CCCc2ccc(F)cc21. The van der Waals surface area contributed by atoms with Crippen LogP contribution in [-0.2, 0) is 6.42 Å². The molecule has 1 aromatic carbocycles. The van der Waals surface area contributed by atoms with E-state index in [0.29, 0.717) is 12.2 Å². The van der Waals surface area contributed by atoms with Gasteiger partial charge >= 0.3 is 6.09 Å². The predicted molar refractivity (Wildman–Crippen MR) is 50.1 cm³/mol. The molecule has 2 rings (SSSR count). The van der Waals surface area contributed by atoms with Crippen molar-refractivity contribution in [1.82, 2.24) is 0 Å². The first-order valence-electron chi connectivity index (χ1n) is 4.47. The van der Waals surface area contributed by atoms with E-state index in [4.69, 9.17) is 5.11 Å². The fourth-order valence-electron chi connectivity index (χ4n) is 1.75. The summed E-state index contributed by atoms with van der Waals surface area (Å²) in [6.07, 6.45) is 0.598. The summed E-state index contributed by atoms with van der Waals surface area (Å²) in [5.41, 5.74) is 1.39. The maximum absolute atomic E-state index is 12.9. The van der Waals surface area contributed by atoms with Crippen LogP contribution in [0.1, 0.15) is 12.0 Å². The molecule has 4 heteroatoms. The van der Waals surface area contributed by atoms with Crippen LogP contribution in [0.15, 0.2) is 18.2 Å². The van der Waals surface area contributed by atoms with Gasteiger partial charge in [0.05, 0.1) is 5.69 Å². The van der Waals surface area contributed by atoms with Gasteiger partial charge < -0.3 is 5.11 Å². The van der Waals surface area contributed by atoms with Gasteiger partial charge in [0.2, 0.25) is 0 Å². The molecule has 0 fully saturated rings. The fourth-order valence-corrected chi connectivity index (χ4v) is 1.75. The fraction of sp³-hybridized carbons (Fsp3) is 0.300. The number of nitrogens with zero attached hydrogens (tertiary/aromatic N) is 1. The van der Waals surface area contributed by atoms with Gasteiger partial charge in [0, 0.05) is 6.54 Å². The Bertz CT molecular complexity index is 378. The Morgan fingerprint density at radius 1 is 1.50 bits per heavy atom. The number of hydrogen-bond acceptors (Lipinski definition) is 1. The van der Waals surface area contributed by atoms with Crippen LogP contribution in [-0.4, -0.2) is 17.7 Å². The van der Waals surface area contributed by atoms with Crippen LogP contribution in [0.5, 0.6) is 0 Å². The zero-order valence-corrected chi connectivity index (χ0v) is 7.53. The lowest BCUT2D eigenvalue weighted by Crippen LogP contribution is -2.34. The molecule has 3 nitrogen and oxygen atoms in total. The van der Waals surface area contributed by atoms with Gasteiger partial charge in [0.1, 0.15) is 5.82 Å². The van der Waals surface area contributed by atoms with Gasteiger partial charge in [-0.2, -0.15) is 0 Å². The van der Waals surface area contributed by atoms with Crippen LogP contribution in [0.25, 0.3) is 0 Å². The van der Waals surface area contributed by atoms with Crippen molar-refractivity contribution in [2.45, 2.75) is 12.8 Å². The molecule has 1 amide bonds. The number of aryl methyl sites for hydroxylation is 1. The molecule has 0 bridgehead atoms. The van der Waals surface area contributed by atoms with Gasteiger partial charge in [-0.1, -0.05) is 6.07 Å². The number of carboxylic acid groups (broad SMARTS) is 1. The van der Waals surface area contributed by atoms with E-state index in [1.54, 1.807) is 6.07 Å². The Hall–Kier alpha value is -1.58. The van der Waals surface area contributed by atoms with Crippen LogP contribution in [0.4, 0.5) is 14.9 Å². The summed E-state index contributed by atoms with van der Waals surface area (Å²) in [6, 6.07) is 4.30. The molecule has 14 heavy (non-hydrogen) atoms. The summed E-state index contributed by atoms with van der Waals surface area (Å²) in [5.74, 6) is -0.392. The van der Waals surface area contributed by atoms with Crippen LogP contribution in [0, 0.1) is 5.82 Å². The van der Waals surface area contributed by atoms with Crippen molar-refractivity contribution in [2.24, 2.45) is 0 Å². The molecule has 0 saturated carbocycles. The lowest BCUT2D eigenvalue weighted by atomic mass is 10.0. The van der Waals surface area contributed by atoms with Crippen molar-refractivity contribution in [3.05, 3.63) is 29.6 Å². The molecule has 1 N–H and O–H groups in total. The summed E-state index contributed by atoms with van der Waals surface area (Å²) in [6.45, 7) is 0.450. The summed E-state index contributed by atoms with van der Waals surface area (Å²) in [4.78, 5) is 12.0. The molecule has 0 spiro atoms. The first-order chi connectivity index (χ1) is 6.68. The third kappa shape index (κ3) is 1.43. The second kappa shape index (κ2) is 3.29. The molecule has 0 unspecified atom stereocenters. The van der Waals surface area contributed by atoms with Crippen LogP contribution in [0.3, 0.4) is 0 Å². The maximum atomic E-state index is 12.9. The smallest absolute Gasteiger partial charge is 0.411 e. The van der Waals surface area contributed by atoms with Crippen molar-refractivity contribution in [2.75, 3.05) is 11.4 Å². The van der Waals surface area contributed by atoms with E-state index in [0.717, 1.165) is 18.4 Å². The maximum Gasteiger partial charge on any atom is 0.411 e. The topological polar surface area (TPSA) is 40.5 Å². The van der Waals surface area contributed by atoms with Crippen LogP contribution >= 0.6 is 0 Å². The summed E-state index contributed by atoms with van der Waals surface area (Å²) in [7, 11) is 0. The standard InChI is InChI=1S/C10H10FNO2/c11-8-4-3-7-2-1-5-12(10(13)14)9(7)6-8/h3-4,6H,1-2,5H2,(H,13,14). The highest BCUT2D eigenvalue weighted by Crippen LogP contribution is 2.27. The summed E-state index contributed by atoms with van der Waals surface area (Å²) in [5, 5.41) is 8.88. The highest BCUT2D eigenvalue weighted by atomic mass is 19.1. The Kier molecular flexibility index (Phi) is 2.11. The molecule has 0 radical (unpaired) electrons. The highest BCUT2D eigenvalue weighted by Gasteiger charge is 2.21. The number of carbonyl (C=O) groups is 1. The Morgan fingerprint density at radius 3 is 3.00 bits per heavy atom. The van der Waals surface area contributed by atoms with Gasteiger partial charge in [-0.15, -0.1) is 0 Å². The van der Waals surface area contributed by atoms with Crippen molar-refractivity contribution in [1.29, 1.82) is 0 Å². The van der Waals surface area contributed by atoms with E-state index in [2.05, 4.69) is 0 Å². The van der Waals surface area contributed by atoms with Crippen LogP contribution in [0.2, 0.25) is 0 Å². The molecular formula is C10H10FNO2. The molecule has 0 atom stereocenters. The summed E-state index contributed by atoms with van der Waals surface area (Å²) >= 11 is 0. The minimum absolute atomic E-state index is 0.392. The molecular weight excluding hydrogens is 185 g/mol. The Balaban J connectivity index is 2.46. The normalized spacial score (nSPS) is 15.1. The van der Waals surface area contributed by atoms with E-state index in [9.17, 15) is 9.18 Å². The number of halogens is 1. The first kappa shape index (κ1) is 8.99. The van der Waals surface area contributed by atoms with E-state index in [-0.39, 0.29) is 0 Å². The van der Waals surface area contributed by atoms with Gasteiger partial charge in [-0.05, 0) is 30.5 Å². The number of benzene rings is 1. The first-order valence-corrected chi connectivity index (χ1v) is 4.47. The molecule has 0 aliphatic carbocycles. The van der Waals surface area contributed by atoms with Gasteiger partial charge in [-0.25, -0.2) is 9.18 Å². The highest BCUT2D eigenvalue weighted by molar-refractivity contribution is 5.87. The van der Waals surface area contributed by atoms with Crippen molar-refractivity contribution < 1.29 is 14.3 Å². The second-order valence-corrected chi connectivity index (χ2v) is 3.31. The molecule has 1 aliphatic heterocycles. The van der Waals surface area contributed by atoms with E-state index in [1.807, 2.05) is 0 Å². The lowest BCUT2D eigenvalue weighted by molar-refractivity contribution is 0.201. The van der Waals surface area contributed by atoms with Gasteiger partial charge in [0.15, 0.2) is 0 Å². The summed E-state index contributed by atoms with van der Waals surface area (Å²) < 4.78 is 12.9. The number of fused-ring (bicyclic) bond motifs is 1. The largest absolute Gasteiger partial charge is 0.465 e. The van der Waals surface area contributed by atoms with Crippen molar-refractivity contribution in [3.8, 4) is 0 Å². The van der Waals surface area contributed by atoms with E-state index >= 15 is 0 Å². The number of anilines is 1. The Morgan fingerprint density at radius 2 is 2.29 bits per heavy atom. The minimum atomic E-state index is -1.02. The number of hydrogen-bond donors (Lipinski definition) is 1. The van der Waals surface area contributed by atoms with Gasteiger partial charge in [-0.3, -0.25) is 4.90 Å². The molecule has 74 valence electrons. The van der Waals surface area contributed by atoms with Crippen molar-refractivity contribution in [3.63, 3.8) is 0 Å². The van der Waals surface area contributed by atoms with Crippen molar-refractivity contribution >= 4 is 11.8 Å². The Labute approximate surface area is 80.8 Å². The molecule has 1 aromatic rings. The average molecular weight is 195 g/mol. The molecule has 1 aliphatic rings. The van der Waals surface area contributed by atoms with E-state index in [1.165, 1.54) is 17.0 Å². The second-order valence-electron chi connectivity index (χ2n) is 3.31. The van der Waals surface area contributed by atoms with E-state index < -0.39 is 11.9 Å². The van der Waals surface area contributed by atoms with Gasteiger partial charge in [0.25, 0.3) is 0 Å². The third-order valence-corrected chi connectivity index (χ3v) is 2.40. The average Bonchev–Trinajstić information content (AvgIpc) is 2.16. The molecule has 0 saturated heterocycles. The number of rotatable bonds is 0. The third-order valence-electron chi connectivity index (χ3n) is 2.40. The zero-order chi connectivity index (χ0) is 10.1. The molecule has 0 aromatic heterocycles. The molecule has 1 heterocycles. The monoisotopic (exact) mass is 195 g/mol.